The molecule has 3 aromatic rings. The van der Waals surface area contributed by atoms with Gasteiger partial charge in [0, 0.05) is 10.4 Å². The van der Waals surface area contributed by atoms with E-state index in [9.17, 15) is 4.79 Å². The molecule has 0 aliphatic rings. The molecule has 0 aliphatic carbocycles. The highest BCUT2D eigenvalue weighted by Gasteiger charge is 2.24. The molecule has 1 aromatic carbocycles. The highest BCUT2D eigenvalue weighted by atomic mass is 32.1. The fraction of sp³-hybridized carbons (Fsp3) is 0.200. The molecule has 0 radical (unpaired) electrons. The third kappa shape index (κ3) is 4.56. The minimum Gasteiger partial charge on any atom is -0.467 e. The number of ether oxygens (including phenoxy) is 1. The lowest BCUT2D eigenvalue weighted by molar-refractivity contribution is 0.0529. The van der Waals surface area contributed by atoms with E-state index in [-0.39, 0.29) is 5.97 Å². The Morgan fingerprint density at radius 2 is 2.00 bits per heavy atom. The van der Waals surface area contributed by atoms with Crippen LogP contribution in [-0.4, -0.2) is 17.7 Å². The molecule has 0 saturated heterocycles. The first kappa shape index (κ1) is 19.1. The Hall–Kier alpha value is -2.64. The maximum absolute atomic E-state index is 12.7. The van der Waals surface area contributed by atoms with Crippen LogP contribution in [0.2, 0.25) is 0 Å². The third-order valence-electron chi connectivity index (χ3n) is 3.86. The number of carbonyl (C=O) groups excluding carboxylic acids is 1. The van der Waals surface area contributed by atoms with Crippen molar-refractivity contribution in [1.82, 2.24) is 5.32 Å². The van der Waals surface area contributed by atoms with Crippen LogP contribution < -0.4 is 10.6 Å². The number of thiocarbonyl (C=S) groups is 1. The molecule has 2 N–H and O–H groups in total. The maximum atomic E-state index is 12.7. The van der Waals surface area contributed by atoms with Crippen molar-refractivity contribution in [2.24, 2.45) is 0 Å². The van der Waals surface area contributed by atoms with E-state index < -0.39 is 0 Å². The summed E-state index contributed by atoms with van der Waals surface area (Å²) in [6.07, 6.45) is 1.61. The molecule has 0 atom stereocenters. The van der Waals surface area contributed by atoms with Crippen LogP contribution in [0.3, 0.4) is 0 Å². The predicted molar refractivity (Wildman–Crippen MR) is 112 cm³/mol. The van der Waals surface area contributed by atoms with E-state index in [2.05, 4.69) is 10.6 Å². The molecule has 0 unspecified atom stereocenters. The van der Waals surface area contributed by atoms with Gasteiger partial charge in [-0.15, -0.1) is 11.3 Å². The zero-order valence-corrected chi connectivity index (χ0v) is 16.7. The molecule has 0 spiro atoms. The van der Waals surface area contributed by atoms with Gasteiger partial charge in [-0.05, 0) is 43.8 Å². The minimum absolute atomic E-state index is 0.308. The average molecular weight is 401 g/mol. The van der Waals surface area contributed by atoms with Gasteiger partial charge in [-0.3, -0.25) is 0 Å². The second-order valence-corrected chi connectivity index (χ2v) is 7.34. The van der Waals surface area contributed by atoms with Gasteiger partial charge in [0.25, 0.3) is 0 Å². The van der Waals surface area contributed by atoms with Crippen LogP contribution in [0.15, 0.2) is 53.1 Å². The summed E-state index contributed by atoms with van der Waals surface area (Å²) in [5, 5.41) is 7.30. The lowest BCUT2D eigenvalue weighted by Crippen LogP contribution is -2.28. The summed E-state index contributed by atoms with van der Waals surface area (Å²) < 4.78 is 10.6. The van der Waals surface area contributed by atoms with Gasteiger partial charge < -0.3 is 19.8 Å². The Balaban J connectivity index is 1.87. The molecule has 0 fully saturated rings. The van der Waals surface area contributed by atoms with Crippen molar-refractivity contribution in [3.63, 3.8) is 0 Å². The smallest absolute Gasteiger partial charge is 0.341 e. The fourth-order valence-corrected chi connectivity index (χ4v) is 4.02. The number of esters is 1. The van der Waals surface area contributed by atoms with Gasteiger partial charge >= 0.3 is 5.97 Å². The lowest BCUT2D eigenvalue weighted by Gasteiger charge is -2.11. The zero-order valence-electron chi connectivity index (χ0n) is 15.1. The van der Waals surface area contributed by atoms with Crippen LogP contribution in [0.1, 0.15) is 27.9 Å². The normalized spacial score (nSPS) is 10.4. The monoisotopic (exact) mass is 400 g/mol. The van der Waals surface area contributed by atoms with Gasteiger partial charge in [0.2, 0.25) is 0 Å². The van der Waals surface area contributed by atoms with Gasteiger partial charge in [-0.25, -0.2) is 4.79 Å². The molecule has 27 heavy (non-hydrogen) atoms. The van der Waals surface area contributed by atoms with Gasteiger partial charge in [-0.1, -0.05) is 30.3 Å². The summed E-state index contributed by atoms with van der Waals surface area (Å²) in [5.74, 6) is 0.411. The van der Waals surface area contributed by atoms with Crippen molar-refractivity contribution < 1.29 is 13.9 Å². The fourth-order valence-electron chi connectivity index (χ4n) is 2.71. The quantitative estimate of drug-likeness (QED) is 0.449. The number of thiophene rings is 1. The van der Waals surface area contributed by atoms with Crippen molar-refractivity contribution in [1.29, 1.82) is 0 Å². The van der Waals surface area contributed by atoms with Crippen LogP contribution in [-0.2, 0) is 11.3 Å². The van der Waals surface area contributed by atoms with E-state index in [0.717, 1.165) is 21.8 Å². The number of hydrogen-bond acceptors (Lipinski definition) is 5. The van der Waals surface area contributed by atoms with E-state index in [1.807, 2.05) is 49.4 Å². The van der Waals surface area contributed by atoms with E-state index in [4.69, 9.17) is 21.4 Å². The highest BCUT2D eigenvalue weighted by molar-refractivity contribution is 7.80. The summed E-state index contributed by atoms with van der Waals surface area (Å²) in [4.78, 5) is 13.7. The lowest BCUT2D eigenvalue weighted by atomic mass is 10.0. The molecule has 0 amide bonds. The number of rotatable bonds is 6. The largest absolute Gasteiger partial charge is 0.467 e. The summed E-state index contributed by atoms with van der Waals surface area (Å²) in [6, 6.07) is 13.5. The van der Waals surface area contributed by atoms with Gasteiger partial charge in [0.15, 0.2) is 5.11 Å². The minimum atomic E-state index is -0.364. The molecule has 7 heteroatoms. The van der Waals surface area contributed by atoms with Crippen molar-refractivity contribution in [2.75, 3.05) is 11.9 Å². The summed E-state index contributed by atoms with van der Waals surface area (Å²) in [7, 11) is 0. The van der Waals surface area contributed by atoms with Crippen molar-refractivity contribution in [3.05, 3.63) is 64.9 Å². The molecule has 3 rings (SSSR count). The van der Waals surface area contributed by atoms with E-state index in [1.165, 1.54) is 11.3 Å². The van der Waals surface area contributed by atoms with E-state index >= 15 is 0 Å². The zero-order chi connectivity index (χ0) is 19.2. The van der Waals surface area contributed by atoms with Crippen LogP contribution in [0.5, 0.6) is 0 Å². The Kier molecular flexibility index (Phi) is 6.26. The number of aryl methyl sites for hydroxylation is 1. The first-order valence-electron chi connectivity index (χ1n) is 8.53. The topological polar surface area (TPSA) is 63.5 Å². The third-order valence-corrected chi connectivity index (χ3v) is 5.12. The SMILES string of the molecule is CCOC(=O)c1c(NC(=S)NCc2ccco2)sc(C)c1-c1ccccc1. The molecular formula is C20H20N2O3S2. The van der Waals surface area contributed by atoms with Crippen LogP contribution in [0, 0.1) is 6.92 Å². The van der Waals surface area contributed by atoms with E-state index in [0.29, 0.717) is 28.8 Å². The molecule has 0 saturated carbocycles. The second kappa shape index (κ2) is 8.83. The first-order valence-corrected chi connectivity index (χ1v) is 9.75. The Morgan fingerprint density at radius 1 is 1.22 bits per heavy atom. The van der Waals surface area contributed by atoms with Crippen molar-refractivity contribution >= 4 is 39.6 Å². The number of anilines is 1. The second-order valence-electron chi connectivity index (χ2n) is 5.71. The molecule has 2 heterocycles. The van der Waals surface area contributed by atoms with Gasteiger partial charge in [-0.2, -0.15) is 0 Å². The average Bonchev–Trinajstić information content (AvgIpc) is 3.28. The summed E-state index contributed by atoms with van der Waals surface area (Å²) in [6.45, 7) is 4.55. The Bertz CT molecular complexity index is 918. The van der Waals surface area contributed by atoms with Gasteiger partial charge in [0.1, 0.15) is 16.3 Å². The molecular weight excluding hydrogens is 380 g/mol. The molecule has 0 aliphatic heterocycles. The number of benzene rings is 1. The molecule has 2 aromatic heterocycles. The number of hydrogen-bond donors (Lipinski definition) is 2. The number of nitrogens with one attached hydrogen (secondary N) is 2. The van der Waals surface area contributed by atoms with Crippen LogP contribution in [0.25, 0.3) is 11.1 Å². The standard InChI is InChI=1S/C20H20N2O3S2/c1-3-24-19(23)17-16(14-8-5-4-6-9-14)13(2)27-18(17)22-20(26)21-12-15-10-7-11-25-15/h4-11H,3,12H2,1-2H3,(H2,21,22,26). The molecule has 5 nitrogen and oxygen atoms in total. The Labute approximate surface area is 167 Å². The summed E-state index contributed by atoms with van der Waals surface area (Å²) >= 11 is 6.86. The van der Waals surface area contributed by atoms with E-state index in [1.54, 1.807) is 13.2 Å². The Morgan fingerprint density at radius 3 is 2.67 bits per heavy atom. The number of furan rings is 1. The van der Waals surface area contributed by atoms with Gasteiger partial charge in [0.05, 0.1) is 19.4 Å². The molecule has 140 valence electrons. The molecule has 0 bridgehead atoms. The van der Waals surface area contributed by atoms with Crippen LogP contribution in [0.4, 0.5) is 5.00 Å². The van der Waals surface area contributed by atoms with Crippen molar-refractivity contribution in [3.8, 4) is 11.1 Å². The van der Waals surface area contributed by atoms with Crippen LogP contribution >= 0.6 is 23.6 Å². The predicted octanol–water partition coefficient (Wildman–Crippen LogP) is 4.98. The van der Waals surface area contributed by atoms with Crippen molar-refractivity contribution in [2.45, 2.75) is 20.4 Å². The first-order chi connectivity index (χ1) is 13.1. The number of carbonyl (C=O) groups is 1. The maximum Gasteiger partial charge on any atom is 0.341 e. The highest BCUT2D eigenvalue weighted by Crippen LogP contribution is 2.40. The summed E-state index contributed by atoms with van der Waals surface area (Å²) in [5.41, 5.74) is 2.35.